The molecule has 2 heterocycles. The van der Waals surface area contributed by atoms with E-state index in [4.69, 9.17) is 22.1 Å². The molecule has 0 saturated heterocycles. The van der Waals surface area contributed by atoms with Crippen molar-refractivity contribution < 1.29 is 9.53 Å². The van der Waals surface area contributed by atoms with E-state index < -0.39 is 5.91 Å². The van der Waals surface area contributed by atoms with Gasteiger partial charge in [-0.3, -0.25) is 9.48 Å². The van der Waals surface area contributed by atoms with Crippen LogP contribution in [0.4, 0.5) is 17.3 Å². The topological polar surface area (TPSA) is 107 Å². The Balaban J connectivity index is 1.67. The van der Waals surface area contributed by atoms with Gasteiger partial charge in [-0.15, -0.1) is 0 Å². The third-order valence-corrected chi connectivity index (χ3v) is 4.17. The number of hydrogen-bond acceptors (Lipinski definition) is 6. The lowest BCUT2D eigenvalue weighted by Crippen LogP contribution is -2.15. The molecule has 4 N–H and O–H groups in total. The van der Waals surface area contributed by atoms with E-state index in [1.54, 1.807) is 35.0 Å². The Morgan fingerprint density at radius 1 is 1.30 bits per heavy atom. The van der Waals surface area contributed by atoms with E-state index in [2.05, 4.69) is 20.7 Å². The van der Waals surface area contributed by atoms with Crippen LogP contribution in [-0.2, 0) is 7.05 Å². The van der Waals surface area contributed by atoms with Crippen molar-refractivity contribution in [3.8, 4) is 5.75 Å². The Labute approximate surface area is 161 Å². The molecule has 0 aliphatic carbocycles. The van der Waals surface area contributed by atoms with Crippen molar-refractivity contribution in [3.05, 3.63) is 58.9 Å². The molecule has 3 rings (SSSR count). The molecule has 0 bridgehead atoms. The number of para-hydroxylation sites is 1. The number of hydrogen-bond donors (Lipinski definition) is 3. The first kappa shape index (κ1) is 18.5. The molecule has 0 aliphatic rings. The van der Waals surface area contributed by atoms with Crippen molar-refractivity contribution >= 4 is 34.8 Å². The molecule has 27 heavy (non-hydrogen) atoms. The van der Waals surface area contributed by atoms with E-state index >= 15 is 0 Å². The molecule has 0 fully saturated rings. The van der Waals surface area contributed by atoms with Gasteiger partial charge in [0.1, 0.15) is 11.6 Å². The monoisotopic (exact) mass is 386 g/mol. The molecule has 0 radical (unpaired) electrons. The summed E-state index contributed by atoms with van der Waals surface area (Å²) in [6.45, 7) is 2.05. The molecule has 0 unspecified atom stereocenters. The summed E-state index contributed by atoms with van der Waals surface area (Å²) in [5, 5.41) is 10.9. The number of nitrogens with one attached hydrogen (secondary N) is 2. The number of nitrogens with two attached hydrogens (primary N) is 1. The second kappa shape index (κ2) is 7.96. The highest BCUT2D eigenvalue weighted by molar-refractivity contribution is 6.33. The van der Waals surface area contributed by atoms with Crippen LogP contribution in [-0.4, -0.2) is 27.4 Å². The average Bonchev–Trinajstić information content (AvgIpc) is 2.95. The normalized spacial score (nSPS) is 10.5. The van der Waals surface area contributed by atoms with E-state index in [1.807, 2.05) is 20.0 Å². The molecule has 1 amide bonds. The van der Waals surface area contributed by atoms with Gasteiger partial charge in [0, 0.05) is 24.9 Å². The summed E-state index contributed by atoms with van der Waals surface area (Å²) < 4.78 is 7.37. The summed E-state index contributed by atoms with van der Waals surface area (Å²) in [5.41, 5.74) is 7.30. The van der Waals surface area contributed by atoms with Crippen molar-refractivity contribution in [3.63, 3.8) is 0 Å². The SMILES string of the molecule is Cc1cc(Nc2cc(NCOc3ccccc3C(N)=O)c(Cl)cn2)nn1C. The number of rotatable bonds is 7. The van der Waals surface area contributed by atoms with Crippen LogP contribution >= 0.6 is 11.6 Å². The molecule has 1 aromatic carbocycles. The fourth-order valence-electron chi connectivity index (χ4n) is 2.38. The fourth-order valence-corrected chi connectivity index (χ4v) is 2.55. The number of benzene rings is 1. The Morgan fingerprint density at radius 2 is 2.07 bits per heavy atom. The van der Waals surface area contributed by atoms with Gasteiger partial charge in [0.25, 0.3) is 5.91 Å². The largest absolute Gasteiger partial charge is 0.472 e. The van der Waals surface area contributed by atoms with Crippen molar-refractivity contribution in [2.24, 2.45) is 12.8 Å². The lowest BCUT2D eigenvalue weighted by Gasteiger charge is -2.13. The van der Waals surface area contributed by atoms with E-state index in [-0.39, 0.29) is 6.73 Å². The van der Waals surface area contributed by atoms with Gasteiger partial charge < -0.3 is 21.1 Å². The Bertz CT molecular complexity index is 953. The maximum absolute atomic E-state index is 11.4. The van der Waals surface area contributed by atoms with Crippen molar-refractivity contribution in [2.45, 2.75) is 6.92 Å². The predicted octanol–water partition coefficient (Wildman–Crippen LogP) is 3.07. The molecule has 140 valence electrons. The zero-order valence-electron chi connectivity index (χ0n) is 14.9. The quantitative estimate of drug-likeness (QED) is 0.539. The minimum Gasteiger partial charge on any atom is -0.472 e. The van der Waals surface area contributed by atoms with Gasteiger partial charge in [-0.1, -0.05) is 23.7 Å². The minimum absolute atomic E-state index is 0.0934. The highest BCUT2D eigenvalue weighted by Crippen LogP contribution is 2.25. The average molecular weight is 387 g/mol. The number of nitrogens with zero attached hydrogens (tertiary/aromatic N) is 3. The van der Waals surface area contributed by atoms with E-state index in [1.165, 1.54) is 6.20 Å². The van der Waals surface area contributed by atoms with Crippen LogP contribution in [0.5, 0.6) is 5.75 Å². The van der Waals surface area contributed by atoms with Gasteiger partial charge in [-0.25, -0.2) is 4.98 Å². The van der Waals surface area contributed by atoms with Crippen LogP contribution in [0.15, 0.2) is 42.6 Å². The first-order valence-electron chi connectivity index (χ1n) is 8.13. The molecule has 3 aromatic rings. The van der Waals surface area contributed by atoms with Crippen LogP contribution < -0.4 is 21.1 Å². The zero-order chi connectivity index (χ0) is 19.4. The number of primary amides is 1. The molecule has 9 heteroatoms. The first-order chi connectivity index (χ1) is 12.9. The molecule has 0 spiro atoms. The molecule has 8 nitrogen and oxygen atoms in total. The smallest absolute Gasteiger partial charge is 0.252 e. The van der Waals surface area contributed by atoms with Crippen LogP contribution in [0.2, 0.25) is 5.02 Å². The van der Waals surface area contributed by atoms with Gasteiger partial charge in [-0.2, -0.15) is 5.10 Å². The zero-order valence-corrected chi connectivity index (χ0v) is 15.6. The lowest BCUT2D eigenvalue weighted by atomic mass is 10.2. The molecule has 2 aromatic heterocycles. The van der Waals surface area contributed by atoms with Crippen LogP contribution in [0.3, 0.4) is 0 Å². The van der Waals surface area contributed by atoms with Crippen LogP contribution in [0.1, 0.15) is 16.1 Å². The lowest BCUT2D eigenvalue weighted by molar-refractivity contribution is 0.0996. The van der Waals surface area contributed by atoms with Crippen molar-refractivity contribution in [1.29, 1.82) is 0 Å². The van der Waals surface area contributed by atoms with E-state index in [0.29, 0.717) is 33.7 Å². The van der Waals surface area contributed by atoms with Gasteiger partial charge in [0.05, 0.1) is 22.5 Å². The summed E-state index contributed by atoms with van der Waals surface area (Å²) >= 11 is 6.19. The number of ether oxygens (including phenoxy) is 1. The molecule has 0 saturated carbocycles. The standard InChI is InChI=1S/C18H19ClN6O2/c1-11-7-17(24-25(11)2)23-16-8-14(13(19)9-21-16)22-10-27-15-6-4-3-5-12(15)18(20)26/h3-9H,10H2,1-2H3,(H2,20,26)(H2,21,22,23,24). The van der Waals surface area contributed by atoms with Gasteiger partial charge in [0.2, 0.25) is 0 Å². The third kappa shape index (κ3) is 4.48. The molecular formula is C18H19ClN6O2. The summed E-state index contributed by atoms with van der Waals surface area (Å²) in [7, 11) is 1.87. The Morgan fingerprint density at radius 3 is 2.78 bits per heavy atom. The number of amides is 1. The highest BCUT2D eigenvalue weighted by atomic mass is 35.5. The number of aryl methyl sites for hydroxylation is 2. The van der Waals surface area contributed by atoms with Gasteiger partial charge in [-0.05, 0) is 19.1 Å². The molecule has 0 aliphatic heterocycles. The summed E-state index contributed by atoms with van der Waals surface area (Å²) in [5.74, 6) is 1.11. The molecular weight excluding hydrogens is 368 g/mol. The van der Waals surface area contributed by atoms with Crippen molar-refractivity contribution in [1.82, 2.24) is 14.8 Å². The van der Waals surface area contributed by atoms with Crippen LogP contribution in [0.25, 0.3) is 0 Å². The number of carbonyl (C=O) groups excluding carboxylic acids is 1. The number of carbonyl (C=O) groups is 1. The van der Waals surface area contributed by atoms with E-state index in [0.717, 1.165) is 5.69 Å². The second-order valence-electron chi connectivity index (χ2n) is 5.79. The summed E-state index contributed by atoms with van der Waals surface area (Å²) in [6, 6.07) is 10.4. The van der Waals surface area contributed by atoms with Gasteiger partial charge in [0.15, 0.2) is 12.5 Å². The first-order valence-corrected chi connectivity index (χ1v) is 8.50. The van der Waals surface area contributed by atoms with Crippen molar-refractivity contribution in [2.75, 3.05) is 17.4 Å². The predicted molar refractivity (Wildman–Crippen MR) is 105 cm³/mol. The molecule has 0 atom stereocenters. The number of aromatic nitrogens is 3. The summed E-state index contributed by atoms with van der Waals surface area (Å²) in [6.07, 6.45) is 1.53. The summed E-state index contributed by atoms with van der Waals surface area (Å²) in [4.78, 5) is 15.7. The number of halogens is 1. The number of pyridine rings is 1. The van der Waals surface area contributed by atoms with E-state index in [9.17, 15) is 4.79 Å². The van der Waals surface area contributed by atoms with Crippen LogP contribution in [0, 0.1) is 6.92 Å². The second-order valence-corrected chi connectivity index (χ2v) is 6.20. The fraction of sp³-hybridized carbons (Fsp3) is 0.167. The third-order valence-electron chi connectivity index (χ3n) is 3.87. The maximum Gasteiger partial charge on any atom is 0.252 e. The maximum atomic E-state index is 11.4. The Hall–Kier alpha value is -3.26. The minimum atomic E-state index is -0.551. The van der Waals surface area contributed by atoms with Gasteiger partial charge >= 0.3 is 0 Å². The highest BCUT2D eigenvalue weighted by Gasteiger charge is 2.09. The Kier molecular flexibility index (Phi) is 5.46. The number of anilines is 3.